The number of aromatic hydroxyl groups is 1. The molecule has 92 valence electrons. The summed E-state index contributed by atoms with van der Waals surface area (Å²) in [6, 6.07) is 4.62. The van der Waals surface area contributed by atoms with Gasteiger partial charge in [0.1, 0.15) is 5.75 Å². The summed E-state index contributed by atoms with van der Waals surface area (Å²) in [6.07, 6.45) is 0.713. The van der Waals surface area contributed by atoms with E-state index in [1.165, 1.54) is 12.1 Å². The number of phenolic OH excluding ortho intramolecular Hbond substituents is 1. The SMILES string of the molecule is NC(=O)CCCNC(=O)c1ccc(Br)cc1O. The third-order valence-corrected chi connectivity index (χ3v) is 2.58. The van der Waals surface area contributed by atoms with Crippen LogP contribution in [0.2, 0.25) is 0 Å². The first-order valence-electron chi connectivity index (χ1n) is 5.05. The van der Waals surface area contributed by atoms with Crippen LogP contribution in [0.3, 0.4) is 0 Å². The van der Waals surface area contributed by atoms with Gasteiger partial charge in [-0.15, -0.1) is 0 Å². The number of hydrogen-bond acceptors (Lipinski definition) is 3. The van der Waals surface area contributed by atoms with E-state index in [4.69, 9.17) is 5.73 Å². The van der Waals surface area contributed by atoms with Crippen LogP contribution < -0.4 is 11.1 Å². The summed E-state index contributed by atoms with van der Waals surface area (Å²) < 4.78 is 0.695. The number of amides is 2. The van der Waals surface area contributed by atoms with Crippen molar-refractivity contribution in [2.75, 3.05) is 6.54 Å². The Morgan fingerprint density at radius 2 is 2.12 bits per heavy atom. The average molecular weight is 301 g/mol. The van der Waals surface area contributed by atoms with E-state index in [2.05, 4.69) is 21.2 Å². The van der Waals surface area contributed by atoms with E-state index in [1.54, 1.807) is 6.07 Å². The smallest absolute Gasteiger partial charge is 0.255 e. The number of carbonyl (C=O) groups excluding carboxylic acids is 2. The standard InChI is InChI=1S/C11H13BrN2O3/c12-7-3-4-8(9(15)6-7)11(17)14-5-1-2-10(13)16/h3-4,6,15H,1-2,5H2,(H2,13,16)(H,14,17). The van der Waals surface area contributed by atoms with E-state index < -0.39 is 5.91 Å². The molecule has 1 aromatic rings. The van der Waals surface area contributed by atoms with Crippen molar-refractivity contribution in [3.63, 3.8) is 0 Å². The minimum absolute atomic E-state index is 0.0909. The molecule has 6 heteroatoms. The molecule has 2 amide bonds. The van der Waals surface area contributed by atoms with E-state index >= 15 is 0 Å². The van der Waals surface area contributed by atoms with Crippen molar-refractivity contribution in [1.82, 2.24) is 5.32 Å². The fourth-order valence-corrected chi connectivity index (χ4v) is 1.61. The van der Waals surface area contributed by atoms with Crippen molar-refractivity contribution in [2.45, 2.75) is 12.8 Å². The fraction of sp³-hybridized carbons (Fsp3) is 0.273. The number of carbonyl (C=O) groups is 2. The second-order valence-electron chi connectivity index (χ2n) is 3.49. The molecule has 0 heterocycles. The quantitative estimate of drug-likeness (QED) is 0.712. The Kier molecular flexibility index (Phi) is 4.96. The number of hydrogen-bond donors (Lipinski definition) is 3. The number of halogens is 1. The lowest BCUT2D eigenvalue weighted by atomic mass is 10.2. The van der Waals surface area contributed by atoms with Gasteiger partial charge in [-0.3, -0.25) is 9.59 Å². The average Bonchev–Trinajstić information content (AvgIpc) is 2.23. The van der Waals surface area contributed by atoms with Gasteiger partial charge in [0, 0.05) is 17.4 Å². The van der Waals surface area contributed by atoms with Gasteiger partial charge in [0.2, 0.25) is 5.91 Å². The summed E-state index contributed by atoms with van der Waals surface area (Å²) in [5.74, 6) is -0.864. The minimum Gasteiger partial charge on any atom is -0.507 e. The number of phenols is 1. The van der Waals surface area contributed by atoms with Gasteiger partial charge in [-0.1, -0.05) is 15.9 Å². The molecule has 5 nitrogen and oxygen atoms in total. The zero-order valence-corrected chi connectivity index (χ0v) is 10.7. The molecule has 0 radical (unpaired) electrons. The van der Waals surface area contributed by atoms with Crippen molar-refractivity contribution in [2.24, 2.45) is 5.73 Å². The molecule has 1 aromatic carbocycles. The molecular weight excluding hydrogens is 288 g/mol. The molecule has 0 aliphatic heterocycles. The van der Waals surface area contributed by atoms with Crippen LogP contribution in [0.25, 0.3) is 0 Å². The second-order valence-corrected chi connectivity index (χ2v) is 4.40. The van der Waals surface area contributed by atoms with E-state index in [1.807, 2.05) is 0 Å². The van der Waals surface area contributed by atoms with E-state index in [0.29, 0.717) is 17.4 Å². The van der Waals surface area contributed by atoms with Gasteiger partial charge in [0.05, 0.1) is 5.56 Å². The Hall–Kier alpha value is -1.56. The van der Waals surface area contributed by atoms with Crippen LogP contribution in [0.15, 0.2) is 22.7 Å². The predicted molar refractivity (Wildman–Crippen MR) is 66.6 cm³/mol. The first kappa shape index (κ1) is 13.5. The molecule has 0 unspecified atom stereocenters. The molecular formula is C11H13BrN2O3. The molecule has 1 rings (SSSR count). The lowest BCUT2D eigenvalue weighted by Gasteiger charge is -2.06. The summed E-state index contributed by atoms with van der Waals surface area (Å²) in [7, 11) is 0. The number of nitrogens with one attached hydrogen (secondary N) is 1. The van der Waals surface area contributed by atoms with Crippen LogP contribution in [0.4, 0.5) is 0 Å². The van der Waals surface area contributed by atoms with Crippen molar-refractivity contribution in [3.8, 4) is 5.75 Å². The van der Waals surface area contributed by atoms with Gasteiger partial charge in [0.25, 0.3) is 5.91 Å². The Bertz CT molecular complexity index is 435. The molecule has 0 saturated heterocycles. The van der Waals surface area contributed by atoms with Gasteiger partial charge in [0.15, 0.2) is 0 Å². The first-order valence-corrected chi connectivity index (χ1v) is 5.85. The second kappa shape index (κ2) is 6.24. The first-order chi connectivity index (χ1) is 8.00. The van der Waals surface area contributed by atoms with Crippen LogP contribution in [0, 0.1) is 0 Å². The summed E-state index contributed by atoms with van der Waals surface area (Å²) >= 11 is 3.18. The maximum absolute atomic E-state index is 11.6. The Morgan fingerprint density at radius 3 is 2.71 bits per heavy atom. The monoisotopic (exact) mass is 300 g/mol. The topological polar surface area (TPSA) is 92.4 Å². The largest absolute Gasteiger partial charge is 0.507 e. The number of benzene rings is 1. The highest BCUT2D eigenvalue weighted by Crippen LogP contribution is 2.21. The maximum atomic E-state index is 11.6. The normalized spacial score (nSPS) is 9.94. The van der Waals surface area contributed by atoms with E-state index in [9.17, 15) is 14.7 Å². The van der Waals surface area contributed by atoms with Gasteiger partial charge in [-0.05, 0) is 24.6 Å². The van der Waals surface area contributed by atoms with E-state index in [0.717, 1.165) is 0 Å². The minimum atomic E-state index is -0.397. The maximum Gasteiger partial charge on any atom is 0.255 e. The van der Waals surface area contributed by atoms with Crippen LogP contribution in [0.1, 0.15) is 23.2 Å². The number of nitrogens with two attached hydrogens (primary N) is 1. The zero-order valence-electron chi connectivity index (χ0n) is 9.07. The van der Waals surface area contributed by atoms with Crippen molar-refractivity contribution < 1.29 is 14.7 Å². The summed E-state index contributed by atoms with van der Waals surface area (Å²) in [5, 5.41) is 12.1. The fourth-order valence-electron chi connectivity index (χ4n) is 1.26. The molecule has 0 aliphatic rings. The Balaban J connectivity index is 2.50. The summed E-state index contributed by atoms with van der Waals surface area (Å²) in [4.78, 5) is 22.1. The molecule has 0 saturated carbocycles. The highest BCUT2D eigenvalue weighted by molar-refractivity contribution is 9.10. The Morgan fingerprint density at radius 1 is 1.41 bits per heavy atom. The van der Waals surface area contributed by atoms with E-state index in [-0.39, 0.29) is 23.6 Å². The summed E-state index contributed by atoms with van der Waals surface area (Å²) in [6.45, 7) is 0.345. The lowest BCUT2D eigenvalue weighted by Crippen LogP contribution is -2.25. The zero-order chi connectivity index (χ0) is 12.8. The van der Waals surface area contributed by atoms with Crippen molar-refractivity contribution >= 4 is 27.7 Å². The molecule has 0 aliphatic carbocycles. The predicted octanol–water partition coefficient (Wildman–Crippen LogP) is 1.15. The third-order valence-electron chi connectivity index (χ3n) is 2.09. The Labute approximate surface area is 107 Å². The number of primary amides is 1. The van der Waals surface area contributed by atoms with Crippen LogP contribution >= 0.6 is 15.9 Å². The van der Waals surface area contributed by atoms with Gasteiger partial charge < -0.3 is 16.2 Å². The van der Waals surface area contributed by atoms with Crippen LogP contribution in [-0.4, -0.2) is 23.5 Å². The van der Waals surface area contributed by atoms with Gasteiger partial charge in [-0.25, -0.2) is 0 Å². The van der Waals surface area contributed by atoms with Gasteiger partial charge >= 0.3 is 0 Å². The summed E-state index contributed by atoms with van der Waals surface area (Å²) in [5.41, 5.74) is 5.17. The van der Waals surface area contributed by atoms with Crippen molar-refractivity contribution in [1.29, 1.82) is 0 Å². The van der Waals surface area contributed by atoms with Crippen LogP contribution in [-0.2, 0) is 4.79 Å². The molecule has 0 aromatic heterocycles. The number of rotatable bonds is 5. The lowest BCUT2D eigenvalue weighted by molar-refractivity contribution is -0.118. The third kappa shape index (κ3) is 4.44. The van der Waals surface area contributed by atoms with Crippen molar-refractivity contribution in [3.05, 3.63) is 28.2 Å². The highest BCUT2D eigenvalue weighted by atomic mass is 79.9. The molecule has 0 atom stereocenters. The molecule has 0 fully saturated rings. The van der Waals surface area contributed by atoms with Crippen LogP contribution in [0.5, 0.6) is 5.75 Å². The molecule has 17 heavy (non-hydrogen) atoms. The molecule has 4 N–H and O–H groups in total. The molecule has 0 spiro atoms. The highest BCUT2D eigenvalue weighted by Gasteiger charge is 2.10. The molecule has 0 bridgehead atoms. The van der Waals surface area contributed by atoms with Gasteiger partial charge in [-0.2, -0.15) is 0 Å².